The summed E-state index contributed by atoms with van der Waals surface area (Å²) >= 11 is 1.15. The third-order valence-corrected chi connectivity index (χ3v) is 3.21. The number of hydrogen-bond donors (Lipinski definition) is 1. The number of rotatable bonds is 3. The van der Waals surface area contributed by atoms with Gasteiger partial charge in [-0.3, -0.25) is 4.57 Å². The van der Waals surface area contributed by atoms with Crippen molar-refractivity contribution in [3.05, 3.63) is 50.3 Å². The van der Waals surface area contributed by atoms with E-state index >= 15 is 0 Å². The maximum Gasteiger partial charge on any atom is 0.347 e. The summed E-state index contributed by atoms with van der Waals surface area (Å²) in [6, 6.07) is 1.71. The molecule has 0 aliphatic carbocycles. The highest BCUT2D eigenvalue weighted by Crippen LogP contribution is 2.17. The summed E-state index contributed by atoms with van der Waals surface area (Å²) < 4.78 is 1.41. The highest BCUT2D eigenvalue weighted by atomic mass is 32.1. The molecule has 0 saturated carbocycles. The van der Waals surface area contributed by atoms with Crippen molar-refractivity contribution in [2.45, 2.75) is 13.5 Å². The highest BCUT2D eigenvalue weighted by Gasteiger charge is 2.12. The number of carboxylic acid groups (broad SMARTS) is 1. The summed E-state index contributed by atoms with van der Waals surface area (Å²) in [5, 5.41) is 10.7. The molecule has 0 fully saturated rings. The first kappa shape index (κ1) is 11.5. The number of aromatic carboxylic acids is 1. The Morgan fingerprint density at radius 2 is 2.35 bits per heavy atom. The lowest BCUT2D eigenvalue weighted by atomic mass is 10.2. The van der Waals surface area contributed by atoms with E-state index in [0.29, 0.717) is 5.56 Å². The Bertz CT molecular complexity index is 615. The van der Waals surface area contributed by atoms with Crippen molar-refractivity contribution in [1.29, 1.82) is 0 Å². The molecule has 2 heterocycles. The molecule has 0 radical (unpaired) electrons. The molecular weight excluding hydrogens is 240 g/mol. The van der Waals surface area contributed by atoms with Gasteiger partial charge in [0.2, 0.25) is 0 Å². The van der Waals surface area contributed by atoms with E-state index in [-0.39, 0.29) is 17.1 Å². The van der Waals surface area contributed by atoms with Crippen LogP contribution >= 0.6 is 11.3 Å². The smallest absolute Gasteiger partial charge is 0.347 e. The fraction of sp³-hybridized carbons (Fsp3) is 0.182. The van der Waals surface area contributed by atoms with Crippen LogP contribution in [0.3, 0.4) is 0 Å². The van der Waals surface area contributed by atoms with E-state index in [4.69, 9.17) is 5.11 Å². The van der Waals surface area contributed by atoms with Crippen molar-refractivity contribution in [2.75, 3.05) is 0 Å². The van der Waals surface area contributed by atoms with Gasteiger partial charge in [-0.05, 0) is 29.5 Å². The number of hydrogen-bond acceptors (Lipinski definition) is 4. The molecule has 2 aromatic rings. The Morgan fingerprint density at radius 3 is 3.06 bits per heavy atom. The minimum Gasteiger partial charge on any atom is -0.477 e. The molecule has 2 aromatic heterocycles. The molecule has 0 aliphatic rings. The zero-order valence-electron chi connectivity index (χ0n) is 9.08. The standard InChI is InChI=1S/C11H10N2O3S/c1-7-4-12-11(16)13(5-7)6-8-2-3-17-9(8)10(14)15/h2-5H,6H2,1H3,(H,14,15). The van der Waals surface area contributed by atoms with Gasteiger partial charge in [0.15, 0.2) is 0 Å². The van der Waals surface area contributed by atoms with Crippen LogP contribution in [0.25, 0.3) is 0 Å². The lowest BCUT2D eigenvalue weighted by molar-refractivity contribution is 0.0701. The van der Waals surface area contributed by atoms with Crippen molar-refractivity contribution in [1.82, 2.24) is 9.55 Å². The molecule has 0 amide bonds. The monoisotopic (exact) mass is 250 g/mol. The van der Waals surface area contributed by atoms with E-state index in [1.54, 1.807) is 17.6 Å². The van der Waals surface area contributed by atoms with Crippen LogP contribution in [0.5, 0.6) is 0 Å². The predicted molar refractivity (Wildman–Crippen MR) is 63.6 cm³/mol. The van der Waals surface area contributed by atoms with Crippen LogP contribution in [-0.4, -0.2) is 20.6 Å². The van der Waals surface area contributed by atoms with Crippen LogP contribution in [0.2, 0.25) is 0 Å². The average molecular weight is 250 g/mol. The molecule has 88 valence electrons. The van der Waals surface area contributed by atoms with Gasteiger partial charge in [0, 0.05) is 12.4 Å². The second-order valence-corrected chi connectivity index (χ2v) is 4.54. The van der Waals surface area contributed by atoms with Crippen molar-refractivity contribution < 1.29 is 9.90 Å². The van der Waals surface area contributed by atoms with Crippen LogP contribution in [0.1, 0.15) is 20.8 Å². The van der Waals surface area contributed by atoms with Gasteiger partial charge >= 0.3 is 11.7 Å². The molecule has 0 aromatic carbocycles. The van der Waals surface area contributed by atoms with Crippen molar-refractivity contribution in [3.63, 3.8) is 0 Å². The van der Waals surface area contributed by atoms with E-state index in [1.165, 1.54) is 10.8 Å². The first-order valence-corrected chi connectivity index (χ1v) is 5.78. The number of aromatic nitrogens is 2. The van der Waals surface area contributed by atoms with Gasteiger partial charge in [0.25, 0.3) is 0 Å². The summed E-state index contributed by atoms with van der Waals surface area (Å²) in [7, 11) is 0. The molecule has 0 unspecified atom stereocenters. The first-order chi connectivity index (χ1) is 8.08. The fourth-order valence-electron chi connectivity index (χ4n) is 1.51. The zero-order valence-corrected chi connectivity index (χ0v) is 9.90. The van der Waals surface area contributed by atoms with E-state index in [0.717, 1.165) is 16.9 Å². The Morgan fingerprint density at radius 1 is 1.59 bits per heavy atom. The second kappa shape index (κ2) is 4.50. The molecule has 0 spiro atoms. The minimum atomic E-state index is -0.969. The summed E-state index contributed by atoms with van der Waals surface area (Å²) in [5.41, 5.74) is 1.10. The SMILES string of the molecule is Cc1cnc(=O)n(Cc2ccsc2C(=O)O)c1. The molecular formula is C11H10N2O3S. The van der Waals surface area contributed by atoms with E-state index in [2.05, 4.69) is 4.98 Å². The Hall–Kier alpha value is -1.95. The average Bonchev–Trinajstić information content (AvgIpc) is 2.71. The van der Waals surface area contributed by atoms with Crippen molar-refractivity contribution >= 4 is 17.3 Å². The van der Waals surface area contributed by atoms with E-state index in [9.17, 15) is 9.59 Å². The minimum absolute atomic E-state index is 0.235. The van der Waals surface area contributed by atoms with Gasteiger partial charge in [-0.1, -0.05) is 0 Å². The first-order valence-electron chi connectivity index (χ1n) is 4.90. The third-order valence-electron chi connectivity index (χ3n) is 2.27. The molecule has 0 bridgehead atoms. The van der Waals surface area contributed by atoms with Gasteiger partial charge in [0.1, 0.15) is 4.88 Å². The molecule has 2 rings (SSSR count). The lowest BCUT2D eigenvalue weighted by Gasteiger charge is -2.05. The number of aryl methyl sites for hydroxylation is 1. The highest BCUT2D eigenvalue weighted by molar-refractivity contribution is 7.12. The van der Waals surface area contributed by atoms with E-state index in [1.807, 2.05) is 6.92 Å². The fourth-order valence-corrected chi connectivity index (χ4v) is 2.26. The number of nitrogens with zero attached hydrogens (tertiary/aromatic N) is 2. The summed E-state index contributed by atoms with van der Waals surface area (Å²) in [6.07, 6.45) is 3.16. The summed E-state index contributed by atoms with van der Waals surface area (Å²) in [5.74, 6) is -0.969. The second-order valence-electron chi connectivity index (χ2n) is 3.62. The third kappa shape index (κ3) is 2.42. The lowest BCUT2D eigenvalue weighted by Crippen LogP contribution is -2.23. The molecule has 6 heteroatoms. The van der Waals surface area contributed by atoms with Gasteiger partial charge in [-0.15, -0.1) is 11.3 Å². The Kier molecular flexibility index (Phi) is 3.06. The maximum absolute atomic E-state index is 11.5. The Labute approximate surface area is 101 Å². The number of carboxylic acids is 1. The Balaban J connectivity index is 2.38. The normalized spacial score (nSPS) is 10.4. The van der Waals surface area contributed by atoms with Gasteiger partial charge in [0.05, 0.1) is 6.54 Å². The number of carbonyl (C=O) groups is 1. The van der Waals surface area contributed by atoms with Gasteiger partial charge < -0.3 is 5.11 Å². The van der Waals surface area contributed by atoms with E-state index < -0.39 is 5.97 Å². The number of thiophene rings is 1. The van der Waals surface area contributed by atoms with Gasteiger partial charge in [-0.25, -0.2) is 14.6 Å². The summed E-state index contributed by atoms with van der Waals surface area (Å²) in [6.45, 7) is 2.06. The molecule has 1 N–H and O–H groups in total. The largest absolute Gasteiger partial charge is 0.477 e. The molecule has 17 heavy (non-hydrogen) atoms. The van der Waals surface area contributed by atoms with Crippen LogP contribution in [-0.2, 0) is 6.54 Å². The van der Waals surface area contributed by atoms with Crippen molar-refractivity contribution in [3.8, 4) is 0 Å². The van der Waals surface area contributed by atoms with Gasteiger partial charge in [-0.2, -0.15) is 0 Å². The maximum atomic E-state index is 11.5. The van der Waals surface area contributed by atoms with Crippen LogP contribution in [0.15, 0.2) is 28.6 Å². The predicted octanol–water partition coefficient (Wildman–Crippen LogP) is 1.36. The zero-order chi connectivity index (χ0) is 12.4. The van der Waals surface area contributed by atoms with Crippen LogP contribution < -0.4 is 5.69 Å². The quantitative estimate of drug-likeness (QED) is 0.892. The molecule has 5 nitrogen and oxygen atoms in total. The van der Waals surface area contributed by atoms with Crippen LogP contribution in [0, 0.1) is 6.92 Å². The topological polar surface area (TPSA) is 72.2 Å². The molecule has 0 atom stereocenters. The molecule has 0 aliphatic heterocycles. The summed E-state index contributed by atoms with van der Waals surface area (Å²) in [4.78, 5) is 26.4. The van der Waals surface area contributed by atoms with Crippen LogP contribution in [0.4, 0.5) is 0 Å². The molecule has 0 saturated heterocycles. The van der Waals surface area contributed by atoms with Crippen molar-refractivity contribution in [2.24, 2.45) is 0 Å².